The lowest BCUT2D eigenvalue weighted by atomic mass is 9.96. The molecule has 15 heavy (non-hydrogen) atoms. The van der Waals surface area contributed by atoms with E-state index in [4.69, 9.17) is 12.6 Å². The molecule has 0 aliphatic carbocycles. The number of pyridine rings is 1. The zero-order valence-corrected chi connectivity index (χ0v) is 8.56. The highest BCUT2D eigenvalue weighted by molar-refractivity contribution is 6.32. The van der Waals surface area contributed by atoms with E-state index >= 15 is 0 Å². The summed E-state index contributed by atoms with van der Waals surface area (Å²) in [6.07, 6.45) is 1.59. The van der Waals surface area contributed by atoms with Crippen LogP contribution in [-0.2, 0) is 16.1 Å². The number of carbonyl (C=O) groups excluding carboxylic acids is 1. The number of rotatable bonds is 3. The Balaban J connectivity index is 2.25. The Morgan fingerprint density at radius 2 is 2.33 bits per heavy atom. The molecule has 0 N–H and O–H groups in total. The standard InChI is InChI=1S/C10H11BN2O2/c1-15-6-7-2-8(11)3-12-10(7)13-4-9(14)5-13/h2-3H,4-6H2,1H3. The number of nitrogens with zero attached hydrogens (tertiary/aromatic N) is 2. The smallest absolute Gasteiger partial charge is 0.171 e. The molecule has 0 amide bonds. The van der Waals surface area contributed by atoms with Crippen molar-refractivity contribution in [3.05, 3.63) is 17.8 Å². The summed E-state index contributed by atoms with van der Waals surface area (Å²) >= 11 is 0. The molecule has 0 bridgehead atoms. The number of hydrogen-bond donors (Lipinski definition) is 0. The highest BCUT2D eigenvalue weighted by atomic mass is 16.5. The van der Waals surface area contributed by atoms with Crippen molar-refractivity contribution >= 4 is 24.9 Å². The Kier molecular flexibility index (Phi) is 2.73. The molecule has 2 radical (unpaired) electrons. The van der Waals surface area contributed by atoms with Crippen molar-refractivity contribution in [3.63, 3.8) is 0 Å². The van der Waals surface area contributed by atoms with Gasteiger partial charge in [-0.15, -0.1) is 0 Å². The van der Waals surface area contributed by atoms with E-state index < -0.39 is 0 Å². The molecular formula is C10H11BN2O2. The summed E-state index contributed by atoms with van der Waals surface area (Å²) < 4.78 is 5.06. The Hall–Kier alpha value is -1.36. The number of carbonyl (C=O) groups is 1. The molecule has 1 aliphatic rings. The predicted molar refractivity (Wildman–Crippen MR) is 57.6 cm³/mol. The quantitative estimate of drug-likeness (QED) is 0.614. The third kappa shape index (κ3) is 2.02. The summed E-state index contributed by atoms with van der Waals surface area (Å²) in [7, 11) is 7.26. The van der Waals surface area contributed by atoms with Crippen LogP contribution in [0.15, 0.2) is 12.3 Å². The SMILES string of the molecule is [B]c1cnc(N2CC(=O)C2)c(COC)c1. The number of aromatic nitrogens is 1. The van der Waals surface area contributed by atoms with Gasteiger partial charge in [0.25, 0.3) is 0 Å². The van der Waals surface area contributed by atoms with E-state index in [1.807, 2.05) is 11.0 Å². The summed E-state index contributed by atoms with van der Waals surface area (Å²) in [5.74, 6) is 1.03. The van der Waals surface area contributed by atoms with Crippen molar-refractivity contribution in [2.45, 2.75) is 6.61 Å². The minimum absolute atomic E-state index is 0.233. The van der Waals surface area contributed by atoms with E-state index in [0.29, 0.717) is 25.2 Å². The fourth-order valence-corrected chi connectivity index (χ4v) is 1.60. The van der Waals surface area contributed by atoms with Crippen LogP contribution in [0.1, 0.15) is 5.56 Å². The minimum atomic E-state index is 0.233. The van der Waals surface area contributed by atoms with E-state index in [1.54, 1.807) is 13.3 Å². The van der Waals surface area contributed by atoms with Crippen molar-refractivity contribution in [2.24, 2.45) is 0 Å². The lowest BCUT2D eigenvalue weighted by molar-refractivity contribution is -0.119. The Morgan fingerprint density at radius 1 is 1.60 bits per heavy atom. The van der Waals surface area contributed by atoms with Crippen LogP contribution in [0.3, 0.4) is 0 Å². The van der Waals surface area contributed by atoms with Gasteiger partial charge in [-0.3, -0.25) is 4.79 Å². The molecule has 0 atom stereocenters. The number of ether oxygens (including phenoxy) is 1. The maximum atomic E-state index is 10.9. The van der Waals surface area contributed by atoms with E-state index in [0.717, 1.165) is 11.4 Å². The third-order valence-electron chi connectivity index (χ3n) is 2.30. The second-order valence-corrected chi connectivity index (χ2v) is 3.58. The topological polar surface area (TPSA) is 42.4 Å². The molecule has 2 heterocycles. The van der Waals surface area contributed by atoms with Crippen LogP contribution < -0.4 is 10.4 Å². The van der Waals surface area contributed by atoms with Crippen LogP contribution in [-0.4, -0.2) is 38.8 Å². The first kappa shape index (κ1) is 10.2. The fraction of sp³-hybridized carbons (Fsp3) is 0.400. The second kappa shape index (κ2) is 4.02. The molecule has 1 aliphatic heterocycles. The summed E-state index contributed by atoms with van der Waals surface area (Å²) in [6, 6.07) is 1.83. The number of ketones is 1. The molecule has 0 aromatic carbocycles. The second-order valence-electron chi connectivity index (χ2n) is 3.58. The van der Waals surface area contributed by atoms with Crippen LogP contribution in [0.25, 0.3) is 0 Å². The molecule has 0 saturated carbocycles. The molecule has 1 aromatic heterocycles. The zero-order valence-electron chi connectivity index (χ0n) is 8.56. The zero-order chi connectivity index (χ0) is 10.8. The minimum Gasteiger partial charge on any atom is -0.380 e. The maximum absolute atomic E-state index is 10.9. The van der Waals surface area contributed by atoms with E-state index in [9.17, 15) is 4.79 Å². The van der Waals surface area contributed by atoms with Crippen molar-refractivity contribution in [2.75, 3.05) is 25.1 Å². The van der Waals surface area contributed by atoms with Gasteiger partial charge in [-0.2, -0.15) is 0 Å². The van der Waals surface area contributed by atoms with Crippen molar-refractivity contribution < 1.29 is 9.53 Å². The van der Waals surface area contributed by atoms with Gasteiger partial charge in [-0.1, -0.05) is 11.5 Å². The largest absolute Gasteiger partial charge is 0.380 e. The van der Waals surface area contributed by atoms with Crippen LogP contribution in [0.5, 0.6) is 0 Å². The Bertz CT molecular complexity index is 387. The highest BCUT2D eigenvalue weighted by Gasteiger charge is 2.26. The van der Waals surface area contributed by atoms with Gasteiger partial charge in [-0.05, 0) is 0 Å². The number of anilines is 1. The van der Waals surface area contributed by atoms with Gasteiger partial charge in [0.05, 0.1) is 19.7 Å². The summed E-state index contributed by atoms with van der Waals surface area (Å²) in [4.78, 5) is 17.0. The molecule has 1 fully saturated rings. The Labute approximate surface area is 89.7 Å². The molecule has 0 unspecified atom stereocenters. The molecule has 76 valence electrons. The third-order valence-corrected chi connectivity index (χ3v) is 2.30. The fourth-order valence-electron chi connectivity index (χ4n) is 1.60. The first-order valence-corrected chi connectivity index (χ1v) is 4.70. The van der Waals surface area contributed by atoms with Crippen molar-refractivity contribution in [1.29, 1.82) is 0 Å². The van der Waals surface area contributed by atoms with Gasteiger partial charge in [-0.25, -0.2) is 4.98 Å². The van der Waals surface area contributed by atoms with Crippen LogP contribution in [0.2, 0.25) is 0 Å². The molecule has 5 heteroatoms. The molecule has 0 spiro atoms. The van der Waals surface area contributed by atoms with Gasteiger partial charge in [0.15, 0.2) is 5.78 Å². The van der Waals surface area contributed by atoms with Gasteiger partial charge in [0.1, 0.15) is 13.7 Å². The predicted octanol–water partition coefficient (Wildman–Crippen LogP) is -0.589. The van der Waals surface area contributed by atoms with Gasteiger partial charge in [0.2, 0.25) is 0 Å². The summed E-state index contributed by atoms with van der Waals surface area (Å²) in [5, 5.41) is 0. The first-order valence-electron chi connectivity index (χ1n) is 4.70. The van der Waals surface area contributed by atoms with E-state index in [-0.39, 0.29) is 5.78 Å². The van der Waals surface area contributed by atoms with Crippen LogP contribution in [0.4, 0.5) is 5.82 Å². The highest BCUT2D eigenvalue weighted by Crippen LogP contribution is 2.20. The average molecular weight is 202 g/mol. The molecule has 2 rings (SSSR count). The van der Waals surface area contributed by atoms with Gasteiger partial charge < -0.3 is 9.64 Å². The number of methoxy groups -OCH3 is 1. The molecular weight excluding hydrogens is 191 g/mol. The first-order chi connectivity index (χ1) is 7.20. The number of hydrogen-bond acceptors (Lipinski definition) is 4. The number of Topliss-reactive ketones (excluding diaryl/α,β-unsaturated/α-hetero) is 1. The molecule has 4 nitrogen and oxygen atoms in total. The lowest BCUT2D eigenvalue weighted by Gasteiger charge is -2.32. The normalized spacial score (nSPS) is 15.3. The van der Waals surface area contributed by atoms with Crippen molar-refractivity contribution in [3.8, 4) is 0 Å². The molecule has 1 aromatic rings. The maximum Gasteiger partial charge on any atom is 0.171 e. The summed E-state index contributed by atoms with van der Waals surface area (Å²) in [6.45, 7) is 1.33. The average Bonchev–Trinajstić information content (AvgIpc) is 2.15. The monoisotopic (exact) mass is 202 g/mol. The Morgan fingerprint density at radius 3 is 2.93 bits per heavy atom. The molecule has 1 saturated heterocycles. The van der Waals surface area contributed by atoms with E-state index in [1.165, 1.54) is 0 Å². The van der Waals surface area contributed by atoms with Gasteiger partial charge in [0, 0.05) is 18.9 Å². The summed E-state index contributed by atoms with van der Waals surface area (Å²) in [5.41, 5.74) is 1.53. The van der Waals surface area contributed by atoms with E-state index in [2.05, 4.69) is 4.98 Å². The van der Waals surface area contributed by atoms with Crippen molar-refractivity contribution in [1.82, 2.24) is 4.98 Å². The van der Waals surface area contributed by atoms with Crippen LogP contribution >= 0.6 is 0 Å². The lowest BCUT2D eigenvalue weighted by Crippen LogP contribution is -2.48. The van der Waals surface area contributed by atoms with Crippen LogP contribution in [0, 0.1) is 0 Å². The van der Waals surface area contributed by atoms with Gasteiger partial charge >= 0.3 is 0 Å².